The van der Waals surface area contributed by atoms with Crippen LogP contribution in [0.2, 0.25) is 0 Å². The molecule has 0 atom stereocenters. The molecular formula is C17H24N4S. The second kappa shape index (κ2) is 5.70. The van der Waals surface area contributed by atoms with Gasteiger partial charge in [0.05, 0.1) is 12.5 Å². The first-order valence-electron chi connectivity index (χ1n) is 7.77. The minimum Gasteiger partial charge on any atom is -0.288 e. The molecule has 1 aliphatic rings. The summed E-state index contributed by atoms with van der Waals surface area (Å²) in [5.74, 6) is 1.95. The van der Waals surface area contributed by atoms with Gasteiger partial charge in [-0.25, -0.2) is 0 Å². The largest absolute Gasteiger partial charge is 0.288 e. The minimum absolute atomic E-state index is 0.174. The van der Waals surface area contributed by atoms with E-state index in [1.807, 2.05) is 0 Å². The Kier molecular flexibility index (Phi) is 4.03. The molecule has 2 heterocycles. The average molecular weight is 316 g/mol. The van der Waals surface area contributed by atoms with Crippen LogP contribution < -0.4 is 0 Å². The number of aromatic nitrogens is 3. The molecule has 1 aromatic carbocycles. The molecule has 3 rings (SSSR count). The third-order valence-corrected chi connectivity index (χ3v) is 5.16. The van der Waals surface area contributed by atoms with Crippen LogP contribution >= 0.6 is 11.8 Å². The van der Waals surface area contributed by atoms with Gasteiger partial charge in [0.1, 0.15) is 0 Å². The van der Waals surface area contributed by atoms with Gasteiger partial charge in [-0.3, -0.25) is 9.47 Å². The summed E-state index contributed by atoms with van der Waals surface area (Å²) in [5, 5.41) is 9.79. The van der Waals surface area contributed by atoms with Crippen LogP contribution in [0.3, 0.4) is 0 Å². The predicted molar refractivity (Wildman–Crippen MR) is 91.9 cm³/mol. The van der Waals surface area contributed by atoms with Crippen LogP contribution in [0.4, 0.5) is 0 Å². The van der Waals surface area contributed by atoms with Gasteiger partial charge in [0.2, 0.25) is 0 Å². The summed E-state index contributed by atoms with van der Waals surface area (Å²) in [7, 11) is 0. The first-order valence-corrected chi connectivity index (χ1v) is 8.76. The zero-order chi connectivity index (χ0) is 15.9. The summed E-state index contributed by atoms with van der Waals surface area (Å²) in [4.78, 5) is 2.42. The van der Waals surface area contributed by atoms with Gasteiger partial charge in [-0.2, -0.15) is 0 Å². The monoisotopic (exact) mass is 316 g/mol. The average Bonchev–Trinajstić information content (AvgIpc) is 2.89. The lowest BCUT2D eigenvalue weighted by Gasteiger charge is -2.30. The Morgan fingerprint density at radius 1 is 1.09 bits per heavy atom. The number of rotatable bonds is 2. The molecule has 0 unspecified atom stereocenters. The number of benzene rings is 1. The van der Waals surface area contributed by atoms with Crippen LogP contribution in [0.5, 0.6) is 0 Å². The molecule has 4 nitrogen and oxygen atoms in total. The number of nitrogens with zero attached hydrogens (tertiary/aromatic N) is 4. The number of hydrogen-bond donors (Lipinski definition) is 0. The summed E-state index contributed by atoms with van der Waals surface area (Å²) in [6.45, 7) is 12.0. The van der Waals surface area contributed by atoms with Crippen LogP contribution in [0, 0.1) is 0 Å². The van der Waals surface area contributed by atoms with Crippen LogP contribution in [-0.4, -0.2) is 31.6 Å². The van der Waals surface area contributed by atoms with Crippen molar-refractivity contribution in [3.63, 3.8) is 0 Å². The number of thioether (sulfide) groups is 1. The zero-order valence-corrected chi connectivity index (χ0v) is 14.8. The van der Waals surface area contributed by atoms with Gasteiger partial charge < -0.3 is 0 Å². The van der Waals surface area contributed by atoms with Crippen LogP contribution in [-0.2, 0) is 12.1 Å². The van der Waals surface area contributed by atoms with Crippen LogP contribution in [0.1, 0.15) is 40.2 Å². The van der Waals surface area contributed by atoms with E-state index in [-0.39, 0.29) is 5.41 Å². The standard InChI is InChI=1S/C17H24N4S/c1-12(2)20-10-21-15(18-19-16(21)22-11-20)13-6-8-14(9-7-13)17(3,4)5/h6-9,12H,10-11H2,1-5H3. The molecule has 0 bridgehead atoms. The van der Waals surface area contributed by atoms with E-state index in [2.05, 4.69) is 78.5 Å². The fourth-order valence-corrected chi connectivity index (χ4v) is 3.59. The maximum atomic E-state index is 4.42. The summed E-state index contributed by atoms with van der Waals surface area (Å²) in [6.07, 6.45) is 0. The van der Waals surface area contributed by atoms with Crippen molar-refractivity contribution in [2.45, 2.75) is 57.9 Å². The molecule has 1 aliphatic heterocycles. The van der Waals surface area contributed by atoms with E-state index in [1.54, 1.807) is 11.8 Å². The Hall–Kier alpha value is -1.33. The maximum absolute atomic E-state index is 4.42. The summed E-state index contributed by atoms with van der Waals surface area (Å²) >= 11 is 1.76. The zero-order valence-electron chi connectivity index (χ0n) is 14.0. The SMILES string of the molecule is CC(C)N1CSc2nnc(-c3ccc(C(C)(C)C)cc3)n2C1. The van der Waals surface area contributed by atoms with E-state index in [0.717, 1.165) is 29.1 Å². The Bertz CT molecular complexity index is 652. The molecular weight excluding hydrogens is 292 g/mol. The topological polar surface area (TPSA) is 34.0 Å². The molecule has 0 saturated carbocycles. The minimum atomic E-state index is 0.174. The van der Waals surface area contributed by atoms with Gasteiger partial charge >= 0.3 is 0 Å². The quantitative estimate of drug-likeness (QED) is 0.839. The highest BCUT2D eigenvalue weighted by Crippen LogP contribution is 2.31. The van der Waals surface area contributed by atoms with E-state index in [9.17, 15) is 0 Å². The molecule has 0 amide bonds. The number of fused-ring (bicyclic) bond motifs is 1. The third-order valence-electron chi connectivity index (χ3n) is 4.14. The van der Waals surface area contributed by atoms with Crippen molar-refractivity contribution in [2.75, 3.05) is 5.88 Å². The number of hydrogen-bond acceptors (Lipinski definition) is 4. The molecule has 0 aliphatic carbocycles. The Morgan fingerprint density at radius 3 is 2.36 bits per heavy atom. The fraction of sp³-hybridized carbons (Fsp3) is 0.529. The summed E-state index contributed by atoms with van der Waals surface area (Å²) in [6, 6.07) is 9.26. The first-order chi connectivity index (χ1) is 10.4. The van der Waals surface area contributed by atoms with Crippen molar-refractivity contribution in [1.29, 1.82) is 0 Å². The van der Waals surface area contributed by atoms with Crippen molar-refractivity contribution < 1.29 is 0 Å². The Balaban J connectivity index is 1.92. The van der Waals surface area contributed by atoms with Crippen LogP contribution in [0.25, 0.3) is 11.4 Å². The first kappa shape index (κ1) is 15.6. The van der Waals surface area contributed by atoms with Crippen molar-refractivity contribution in [2.24, 2.45) is 0 Å². The molecule has 1 aromatic heterocycles. The molecule has 0 fully saturated rings. The highest BCUT2D eigenvalue weighted by Gasteiger charge is 2.24. The van der Waals surface area contributed by atoms with Gasteiger partial charge in [-0.15, -0.1) is 10.2 Å². The third kappa shape index (κ3) is 2.92. The molecule has 0 N–H and O–H groups in total. The predicted octanol–water partition coefficient (Wildman–Crippen LogP) is 3.97. The Labute approximate surface area is 136 Å². The second-order valence-corrected chi connectivity index (χ2v) is 8.07. The lowest BCUT2D eigenvalue weighted by molar-refractivity contribution is 0.193. The van der Waals surface area contributed by atoms with Crippen molar-refractivity contribution in [3.8, 4) is 11.4 Å². The second-order valence-electron chi connectivity index (χ2n) is 7.16. The molecule has 2 aromatic rings. The van der Waals surface area contributed by atoms with E-state index in [0.29, 0.717) is 6.04 Å². The lowest BCUT2D eigenvalue weighted by atomic mass is 9.87. The molecule has 5 heteroatoms. The fourth-order valence-electron chi connectivity index (χ4n) is 2.53. The highest BCUT2D eigenvalue weighted by atomic mass is 32.2. The van der Waals surface area contributed by atoms with E-state index in [1.165, 1.54) is 5.56 Å². The molecule has 0 spiro atoms. The van der Waals surface area contributed by atoms with E-state index < -0.39 is 0 Å². The summed E-state index contributed by atoms with van der Waals surface area (Å²) in [5.41, 5.74) is 2.65. The van der Waals surface area contributed by atoms with Crippen molar-refractivity contribution in [3.05, 3.63) is 29.8 Å². The van der Waals surface area contributed by atoms with Gasteiger partial charge in [-0.1, -0.05) is 56.8 Å². The molecule has 118 valence electrons. The highest BCUT2D eigenvalue weighted by molar-refractivity contribution is 7.99. The molecule has 22 heavy (non-hydrogen) atoms. The van der Waals surface area contributed by atoms with E-state index >= 15 is 0 Å². The van der Waals surface area contributed by atoms with Gasteiger partial charge in [-0.05, 0) is 24.8 Å². The molecule has 0 saturated heterocycles. The van der Waals surface area contributed by atoms with E-state index in [4.69, 9.17) is 0 Å². The maximum Gasteiger partial charge on any atom is 0.193 e. The normalized spacial score (nSPS) is 16.1. The Morgan fingerprint density at radius 2 is 1.77 bits per heavy atom. The van der Waals surface area contributed by atoms with Gasteiger partial charge in [0.15, 0.2) is 11.0 Å². The summed E-state index contributed by atoms with van der Waals surface area (Å²) < 4.78 is 2.22. The smallest absolute Gasteiger partial charge is 0.193 e. The van der Waals surface area contributed by atoms with Gasteiger partial charge in [0, 0.05) is 11.6 Å². The van der Waals surface area contributed by atoms with Crippen molar-refractivity contribution in [1.82, 2.24) is 19.7 Å². The van der Waals surface area contributed by atoms with Gasteiger partial charge in [0.25, 0.3) is 0 Å². The van der Waals surface area contributed by atoms with Crippen molar-refractivity contribution >= 4 is 11.8 Å². The lowest BCUT2D eigenvalue weighted by Crippen LogP contribution is -2.35. The molecule has 0 radical (unpaired) electrons. The van der Waals surface area contributed by atoms with Crippen LogP contribution in [0.15, 0.2) is 29.4 Å².